The maximum atomic E-state index is 3.78. The van der Waals surface area contributed by atoms with E-state index in [1.807, 2.05) is 7.05 Å². The van der Waals surface area contributed by atoms with Gasteiger partial charge in [0.05, 0.1) is 0 Å². The lowest BCUT2D eigenvalue weighted by Crippen LogP contribution is -2.35. The van der Waals surface area contributed by atoms with Crippen molar-refractivity contribution in [1.29, 1.82) is 0 Å². The normalized spacial score (nSPS) is 12.0. The first-order chi connectivity index (χ1) is 3.62. The molecule has 0 aromatic heterocycles. The van der Waals surface area contributed by atoms with Gasteiger partial charge in [-0.3, -0.25) is 0 Å². The van der Waals surface area contributed by atoms with Crippen LogP contribution < -0.4 is 5.32 Å². The van der Waals surface area contributed by atoms with Crippen molar-refractivity contribution in [3.63, 3.8) is 0 Å². The Morgan fingerprint density at radius 3 is 2.12 bits per heavy atom. The molecule has 0 aliphatic heterocycles. The molecule has 1 heteroatoms. The second-order valence-corrected chi connectivity index (χ2v) is 2.74. The van der Waals surface area contributed by atoms with Crippen LogP contribution in [0.15, 0.2) is 0 Å². The summed E-state index contributed by atoms with van der Waals surface area (Å²) in [6.07, 6.45) is 2.15. The molecule has 0 bridgehead atoms. The van der Waals surface area contributed by atoms with Crippen LogP contribution >= 0.6 is 0 Å². The Hall–Kier alpha value is -0.0400. The molecule has 0 spiro atoms. The second-order valence-electron chi connectivity index (χ2n) is 2.74. The van der Waals surface area contributed by atoms with Crippen molar-refractivity contribution >= 4 is 0 Å². The predicted molar refractivity (Wildman–Crippen MR) is 37.7 cm³/mol. The van der Waals surface area contributed by atoms with Crippen molar-refractivity contribution in [1.82, 2.24) is 5.32 Å². The molecule has 0 aromatic carbocycles. The lowest BCUT2D eigenvalue weighted by molar-refractivity contribution is 0.396. The molecule has 0 rings (SSSR count). The smallest absolute Gasteiger partial charge is 0.0122 e. The van der Waals surface area contributed by atoms with E-state index in [9.17, 15) is 0 Å². The maximum absolute atomic E-state index is 3.78. The first-order valence-electron chi connectivity index (χ1n) is 3.10. The Morgan fingerprint density at radius 1 is 1.50 bits per heavy atom. The second kappa shape index (κ2) is 3.08. The number of hydrogen-bond acceptors (Lipinski definition) is 1. The highest BCUT2D eigenvalue weighted by Gasteiger charge is 2.11. The van der Waals surface area contributed by atoms with Gasteiger partial charge >= 0.3 is 0 Å². The van der Waals surface area contributed by atoms with Gasteiger partial charge in [0.2, 0.25) is 0 Å². The molecule has 0 heterocycles. The molecular weight excluding hydrogens is 98.1 g/mol. The van der Waals surface area contributed by atoms with Gasteiger partial charge in [0, 0.05) is 5.54 Å². The quantitative estimate of drug-likeness (QED) is 0.587. The molecule has 1 N–H and O–H groups in total. The van der Waals surface area contributed by atoms with Crippen molar-refractivity contribution in [3.8, 4) is 0 Å². The van der Waals surface area contributed by atoms with Crippen LogP contribution in [0.5, 0.6) is 0 Å². The molecule has 0 aromatic rings. The van der Waals surface area contributed by atoms with E-state index in [0.717, 1.165) is 12.8 Å². The zero-order valence-electron chi connectivity index (χ0n) is 6.12. The van der Waals surface area contributed by atoms with Gasteiger partial charge in [-0.05, 0) is 27.3 Å². The third-order valence-electron chi connectivity index (χ3n) is 1.48. The number of rotatable bonds is 3. The van der Waals surface area contributed by atoms with Gasteiger partial charge in [-0.25, -0.2) is 0 Å². The third-order valence-corrected chi connectivity index (χ3v) is 1.48. The van der Waals surface area contributed by atoms with Crippen LogP contribution in [-0.2, 0) is 0 Å². The van der Waals surface area contributed by atoms with Gasteiger partial charge < -0.3 is 5.32 Å². The largest absolute Gasteiger partial charge is 0.315 e. The lowest BCUT2D eigenvalue weighted by Gasteiger charge is -2.22. The lowest BCUT2D eigenvalue weighted by atomic mass is 10.00. The highest BCUT2D eigenvalue weighted by Crippen LogP contribution is 2.08. The molecule has 0 unspecified atom stereocenters. The standard InChI is InChI=1S/C7H16N/c1-5-6-7(2,3)8-4/h8H,1,5-6H2,2-4H3. The van der Waals surface area contributed by atoms with E-state index >= 15 is 0 Å². The van der Waals surface area contributed by atoms with Crippen molar-refractivity contribution in [2.24, 2.45) is 0 Å². The summed E-state index contributed by atoms with van der Waals surface area (Å²) in [6.45, 7) is 8.14. The summed E-state index contributed by atoms with van der Waals surface area (Å²) in [5, 5.41) is 3.20. The monoisotopic (exact) mass is 114 g/mol. The first-order valence-corrected chi connectivity index (χ1v) is 3.10. The van der Waals surface area contributed by atoms with Crippen molar-refractivity contribution in [2.45, 2.75) is 32.2 Å². The van der Waals surface area contributed by atoms with Gasteiger partial charge in [0.15, 0.2) is 0 Å². The Bertz CT molecular complexity index is 57.4. The van der Waals surface area contributed by atoms with Crippen molar-refractivity contribution in [3.05, 3.63) is 6.92 Å². The minimum absolute atomic E-state index is 0.280. The first kappa shape index (κ1) is 7.96. The van der Waals surface area contributed by atoms with E-state index in [2.05, 4.69) is 26.1 Å². The van der Waals surface area contributed by atoms with E-state index in [0.29, 0.717) is 0 Å². The van der Waals surface area contributed by atoms with E-state index < -0.39 is 0 Å². The summed E-state index contributed by atoms with van der Waals surface area (Å²) in [7, 11) is 1.98. The van der Waals surface area contributed by atoms with Crippen LogP contribution in [0.1, 0.15) is 26.7 Å². The minimum Gasteiger partial charge on any atom is -0.315 e. The molecule has 1 radical (unpaired) electrons. The highest BCUT2D eigenvalue weighted by atomic mass is 14.9. The summed E-state index contributed by atoms with van der Waals surface area (Å²) in [6, 6.07) is 0. The van der Waals surface area contributed by atoms with Gasteiger partial charge in [-0.1, -0.05) is 13.3 Å². The third kappa shape index (κ3) is 3.03. The Balaban J connectivity index is 3.37. The number of hydrogen-bond donors (Lipinski definition) is 1. The van der Waals surface area contributed by atoms with Crippen LogP contribution in [-0.4, -0.2) is 12.6 Å². The topological polar surface area (TPSA) is 12.0 Å². The van der Waals surface area contributed by atoms with E-state index in [4.69, 9.17) is 0 Å². The molecule has 8 heavy (non-hydrogen) atoms. The summed E-state index contributed by atoms with van der Waals surface area (Å²) in [5.41, 5.74) is 0.280. The summed E-state index contributed by atoms with van der Waals surface area (Å²) < 4.78 is 0. The molecule has 0 aliphatic carbocycles. The maximum Gasteiger partial charge on any atom is 0.0122 e. The Morgan fingerprint density at radius 2 is 2.00 bits per heavy atom. The molecule has 0 amide bonds. The van der Waals surface area contributed by atoms with Gasteiger partial charge in [-0.15, -0.1) is 0 Å². The van der Waals surface area contributed by atoms with Crippen LogP contribution in [0.25, 0.3) is 0 Å². The SMILES string of the molecule is [CH2]CCC(C)(C)NC. The molecule has 49 valence electrons. The zero-order valence-corrected chi connectivity index (χ0v) is 6.12. The van der Waals surface area contributed by atoms with Crippen molar-refractivity contribution in [2.75, 3.05) is 7.05 Å². The Labute approximate surface area is 52.5 Å². The van der Waals surface area contributed by atoms with E-state index in [1.165, 1.54) is 0 Å². The Kier molecular flexibility index (Phi) is 3.06. The highest BCUT2D eigenvalue weighted by molar-refractivity contribution is 4.74. The summed E-state index contributed by atoms with van der Waals surface area (Å²) >= 11 is 0. The fourth-order valence-electron chi connectivity index (χ4n) is 0.567. The molecule has 0 fully saturated rings. The summed E-state index contributed by atoms with van der Waals surface area (Å²) in [5.74, 6) is 0. The number of nitrogens with one attached hydrogen (secondary N) is 1. The van der Waals surface area contributed by atoms with Crippen LogP contribution in [0.4, 0.5) is 0 Å². The average Bonchev–Trinajstić information content (AvgIpc) is 1.67. The van der Waals surface area contributed by atoms with E-state index in [-0.39, 0.29) is 5.54 Å². The minimum atomic E-state index is 0.280. The van der Waals surface area contributed by atoms with Gasteiger partial charge in [-0.2, -0.15) is 0 Å². The van der Waals surface area contributed by atoms with Crippen molar-refractivity contribution < 1.29 is 0 Å². The fraction of sp³-hybridized carbons (Fsp3) is 0.857. The predicted octanol–water partition coefficient (Wildman–Crippen LogP) is 1.60. The summed E-state index contributed by atoms with van der Waals surface area (Å²) in [4.78, 5) is 0. The fourth-order valence-corrected chi connectivity index (χ4v) is 0.567. The molecule has 0 saturated heterocycles. The molecule has 1 nitrogen and oxygen atoms in total. The van der Waals surface area contributed by atoms with Crippen LogP contribution in [0, 0.1) is 6.92 Å². The molecule has 0 atom stereocenters. The van der Waals surface area contributed by atoms with Gasteiger partial charge in [0.25, 0.3) is 0 Å². The average molecular weight is 114 g/mol. The zero-order chi connectivity index (χ0) is 6.62. The van der Waals surface area contributed by atoms with Gasteiger partial charge in [0.1, 0.15) is 0 Å². The van der Waals surface area contributed by atoms with E-state index in [1.54, 1.807) is 0 Å². The molecular formula is C7H16N. The molecule has 0 aliphatic rings. The van der Waals surface area contributed by atoms with Crippen LogP contribution in [0.3, 0.4) is 0 Å². The molecule has 0 saturated carbocycles. The van der Waals surface area contributed by atoms with Crippen LogP contribution in [0.2, 0.25) is 0 Å².